The van der Waals surface area contributed by atoms with Gasteiger partial charge in [0.1, 0.15) is 24.4 Å². The first-order chi connectivity index (χ1) is 11.8. The Morgan fingerprint density at radius 3 is 3.00 bits per heavy atom. The molecular weight excluding hydrogens is 310 g/mol. The quantitative estimate of drug-likeness (QED) is 0.359. The monoisotopic (exact) mass is 337 g/mol. The average Bonchev–Trinajstić information content (AvgIpc) is 2.62. The Labute approximate surface area is 143 Å². The van der Waals surface area contributed by atoms with Crippen LogP contribution in [-0.4, -0.2) is 51.8 Å². The average molecular weight is 337 g/mol. The fraction of sp³-hybridized carbons (Fsp3) is 0.647. The summed E-state index contributed by atoms with van der Waals surface area (Å²) in [6.45, 7) is 3.17. The summed E-state index contributed by atoms with van der Waals surface area (Å²) in [5, 5.41) is 6.73. The summed E-state index contributed by atoms with van der Waals surface area (Å²) in [5.74, 6) is 0.932. The maximum absolute atomic E-state index is 10.2. The Morgan fingerprint density at radius 1 is 1.42 bits per heavy atom. The van der Waals surface area contributed by atoms with Crippen molar-refractivity contribution >= 4 is 12.1 Å². The van der Waals surface area contributed by atoms with Crippen molar-refractivity contribution in [3.8, 4) is 0 Å². The summed E-state index contributed by atoms with van der Waals surface area (Å²) in [6, 6.07) is 2.19. The van der Waals surface area contributed by atoms with E-state index in [1.165, 1.54) is 5.56 Å². The van der Waals surface area contributed by atoms with Crippen LogP contribution in [0.1, 0.15) is 36.0 Å². The molecule has 24 heavy (non-hydrogen) atoms. The second-order valence-electron chi connectivity index (χ2n) is 5.65. The molecule has 2 heterocycles. The number of aldehydes is 1. The van der Waals surface area contributed by atoms with Gasteiger partial charge in [-0.25, -0.2) is 4.98 Å². The Kier molecular flexibility index (Phi) is 8.11. The van der Waals surface area contributed by atoms with Crippen LogP contribution in [0.25, 0.3) is 0 Å². The predicted molar refractivity (Wildman–Crippen MR) is 91.0 cm³/mol. The largest absolute Gasteiger partial charge is 0.374 e. The molecule has 0 aromatic carbocycles. The second-order valence-corrected chi connectivity index (χ2v) is 5.65. The van der Waals surface area contributed by atoms with E-state index in [0.717, 1.165) is 55.7 Å². The molecule has 1 aromatic heterocycles. The fourth-order valence-electron chi connectivity index (χ4n) is 2.76. The molecule has 0 saturated heterocycles. The van der Waals surface area contributed by atoms with E-state index in [1.807, 2.05) is 0 Å². The number of carbonyl (C=O) groups is 1. The van der Waals surface area contributed by atoms with Crippen molar-refractivity contribution in [2.75, 3.05) is 45.8 Å². The fourth-order valence-corrected chi connectivity index (χ4v) is 2.76. The third-order valence-electron chi connectivity index (χ3n) is 3.92. The van der Waals surface area contributed by atoms with Gasteiger partial charge in [-0.05, 0) is 43.0 Å². The van der Waals surface area contributed by atoms with Crippen LogP contribution in [0.15, 0.2) is 6.07 Å². The third kappa shape index (κ3) is 5.24. The molecule has 2 rings (SSSR count). The zero-order chi connectivity index (χ0) is 17.2. The lowest BCUT2D eigenvalue weighted by atomic mass is 10.0. The van der Waals surface area contributed by atoms with Crippen molar-refractivity contribution in [1.29, 1.82) is 0 Å². The molecule has 7 nitrogen and oxygen atoms in total. The summed E-state index contributed by atoms with van der Waals surface area (Å²) < 4.78 is 15.9. The van der Waals surface area contributed by atoms with E-state index >= 15 is 0 Å². The van der Waals surface area contributed by atoms with E-state index in [2.05, 4.69) is 16.7 Å². The number of hydrogen-bond donors (Lipinski definition) is 2. The number of fused-ring (bicyclic) bond motifs is 1. The lowest BCUT2D eigenvalue weighted by molar-refractivity contribution is -0.111. The molecule has 0 spiro atoms. The first-order valence-corrected chi connectivity index (χ1v) is 8.34. The highest BCUT2D eigenvalue weighted by atomic mass is 16.7. The number of ether oxygens (including phenoxy) is 3. The van der Waals surface area contributed by atoms with Gasteiger partial charge in [-0.15, -0.1) is 0 Å². The summed E-state index contributed by atoms with van der Waals surface area (Å²) in [5.41, 5.74) is 3.12. The lowest BCUT2D eigenvalue weighted by Crippen LogP contribution is -2.22. The van der Waals surface area contributed by atoms with Crippen LogP contribution in [0.4, 0.5) is 5.82 Å². The molecule has 0 bridgehead atoms. The van der Waals surface area contributed by atoms with Crippen LogP contribution >= 0.6 is 0 Å². The zero-order valence-corrected chi connectivity index (χ0v) is 14.5. The van der Waals surface area contributed by atoms with Crippen LogP contribution in [0, 0.1) is 0 Å². The molecule has 1 aromatic rings. The summed E-state index contributed by atoms with van der Waals surface area (Å²) in [6.07, 6.45) is 3.29. The summed E-state index contributed by atoms with van der Waals surface area (Å²) in [4.78, 5) is 14.9. The summed E-state index contributed by atoms with van der Waals surface area (Å²) in [7, 11) is 3.23. The van der Waals surface area contributed by atoms with Gasteiger partial charge in [0.25, 0.3) is 0 Å². The minimum Gasteiger partial charge on any atom is -0.374 e. The Balaban J connectivity index is 1.99. The van der Waals surface area contributed by atoms with E-state index in [-0.39, 0.29) is 6.61 Å². The number of hydrogen-bond acceptors (Lipinski definition) is 7. The van der Waals surface area contributed by atoms with E-state index in [9.17, 15) is 4.79 Å². The van der Waals surface area contributed by atoms with E-state index in [4.69, 9.17) is 19.2 Å². The standard InChI is InChI=1S/C17H27N3O4/c1-22-17(23-2)15-14(12-18-6-4-9-24-10-8-21)11-13-5-3-7-19-16(13)20-15/h8,11,17-18H,3-7,9-10,12H2,1-2H3,(H,19,20). The van der Waals surface area contributed by atoms with Crippen molar-refractivity contribution in [2.45, 2.75) is 32.1 Å². The Bertz CT molecular complexity index is 521. The van der Waals surface area contributed by atoms with Crippen LogP contribution in [0.5, 0.6) is 0 Å². The number of aryl methyl sites for hydroxylation is 1. The number of aromatic nitrogens is 1. The molecule has 134 valence electrons. The van der Waals surface area contributed by atoms with Gasteiger partial charge in [-0.3, -0.25) is 0 Å². The molecule has 0 amide bonds. The number of nitrogens with one attached hydrogen (secondary N) is 2. The van der Waals surface area contributed by atoms with Crippen molar-refractivity contribution in [3.05, 3.63) is 22.9 Å². The van der Waals surface area contributed by atoms with Gasteiger partial charge in [-0.1, -0.05) is 0 Å². The van der Waals surface area contributed by atoms with Crippen LogP contribution in [-0.2, 0) is 32.0 Å². The van der Waals surface area contributed by atoms with Crippen molar-refractivity contribution in [2.24, 2.45) is 0 Å². The number of methoxy groups -OCH3 is 2. The molecule has 2 N–H and O–H groups in total. The molecular formula is C17H27N3O4. The molecule has 0 unspecified atom stereocenters. The molecule has 1 aliphatic heterocycles. The van der Waals surface area contributed by atoms with Crippen molar-refractivity contribution in [3.63, 3.8) is 0 Å². The van der Waals surface area contributed by atoms with Gasteiger partial charge >= 0.3 is 0 Å². The molecule has 0 atom stereocenters. The minimum absolute atomic E-state index is 0.162. The number of nitrogens with zero attached hydrogens (tertiary/aromatic N) is 1. The third-order valence-corrected chi connectivity index (χ3v) is 3.92. The normalized spacial score (nSPS) is 13.6. The number of carbonyl (C=O) groups excluding carboxylic acids is 1. The highest BCUT2D eigenvalue weighted by Gasteiger charge is 2.20. The van der Waals surface area contributed by atoms with Gasteiger partial charge in [0.2, 0.25) is 6.29 Å². The first kappa shape index (κ1) is 18.8. The first-order valence-electron chi connectivity index (χ1n) is 8.34. The minimum atomic E-state index is -0.480. The highest BCUT2D eigenvalue weighted by Crippen LogP contribution is 2.27. The maximum atomic E-state index is 10.2. The molecule has 0 fully saturated rings. The Morgan fingerprint density at radius 2 is 2.25 bits per heavy atom. The summed E-state index contributed by atoms with van der Waals surface area (Å²) >= 11 is 0. The maximum Gasteiger partial charge on any atom is 0.200 e. The van der Waals surface area contributed by atoms with Crippen LogP contribution in [0.3, 0.4) is 0 Å². The topological polar surface area (TPSA) is 81.7 Å². The van der Waals surface area contributed by atoms with Gasteiger partial charge < -0.3 is 29.6 Å². The van der Waals surface area contributed by atoms with Crippen LogP contribution in [0.2, 0.25) is 0 Å². The molecule has 7 heteroatoms. The van der Waals surface area contributed by atoms with Crippen molar-refractivity contribution in [1.82, 2.24) is 10.3 Å². The number of rotatable bonds is 11. The van der Waals surface area contributed by atoms with Gasteiger partial charge in [0, 0.05) is 33.9 Å². The lowest BCUT2D eigenvalue weighted by Gasteiger charge is -2.23. The molecule has 0 aliphatic carbocycles. The Hall–Kier alpha value is -1.54. The molecule has 0 radical (unpaired) electrons. The smallest absolute Gasteiger partial charge is 0.200 e. The highest BCUT2D eigenvalue weighted by molar-refractivity contribution is 5.50. The zero-order valence-electron chi connectivity index (χ0n) is 14.5. The van der Waals surface area contributed by atoms with E-state index in [1.54, 1.807) is 14.2 Å². The van der Waals surface area contributed by atoms with E-state index in [0.29, 0.717) is 13.2 Å². The van der Waals surface area contributed by atoms with Crippen LogP contribution < -0.4 is 10.6 Å². The predicted octanol–water partition coefficient (Wildman–Crippen LogP) is 1.43. The van der Waals surface area contributed by atoms with Gasteiger partial charge in [-0.2, -0.15) is 0 Å². The second kappa shape index (κ2) is 10.4. The van der Waals surface area contributed by atoms with E-state index < -0.39 is 6.29 Å². The SMILES string of the molecule is COC(OC)c1nc2c(cc1CNCCCOCC=O)CCCN2. The number of pyridine rings is 1. The molecule has 0 saturated carbocycles. The van der Waals surface area contributed by atoms with Gasteiger partial charge in [0.15, 0.2) is 0 Å². The van der Waals surface area contributed by atoms with Gasteiger partial charge in [0.05, 0.1) is 0 Å². The number of anilines is 1. The van der Waals surface area contributed by atoms with Crippen molar-refractivity contribution < 1.29 is 19.0 Å². The molecule has 1 aliphatic rings.